The summed E-state index contributed by atoms with van der Waals surface area (Å²) in [4.78, 5) is 10.4. The van der Waals surface area contributed by atoms with E-state index < -0.39 is 4.92 Å². The van der Waals surface area contributed by atoms with Gasteiger partial charge in [0.25, 0.3) is 5.69 Å². The Hall–Kier alpha value is -1.81. The Morgan fingerprint density at radius 2 is 2.12 bits per heavy atom. The lowest BCUT2D eigenvalue weighted by atomic mass is 10.0. The number of benzene rings is 1. The molecule has 5 heteroatoms. The van der Waals surface area contributed by atoms with Crippen LogP contribution >= 0.6 is 11.6 Å². The average Bonchev–Trinajstić information content (AvgIpc) is 2.83. The Morgan fingerprint density at radius 3 is 2.76 bits per heavy atom. The molecular weight excluding hydrogens is 242 g/mol. The third kappa shape index (κ3) is 2.65. The number of halogens is 1. The molecule has 0 N–H and O–H groups in total. The minimum absolute atomic E-state index is 0.0987. The summed E-state index contributed by atoms with van der Waals surface area (Å²) in [5, 5.41) is 10.5. The first kappa shape index (κ1) is 11.7. The van der Waals surface area contributed by atoms with Crippen LogP contribution in [0.25, 0.3) is 0 Å². The summed E-state index contributed by atoms with van der Waals surface area (Å²) in [6.07, 6.45) is 3.48. The van der Waals surface area contributed by atoms with Gasteiger partial charge in [0.15, 0.2) is 0 Å². The molecule has 0 fully saturated rings. The van der Waals surface area contributed by atoms with E-state index in [0.717, 1.165) is 5.56 Å². The highest BCUT2D eigenvalue weighted by atomic mass is 35.5. The van der Waals surface area contributed by atoms with E-state index in [9.17, 15) is 10.1 Å². The molecule has 0 aliphatic heterocycles. The third-order valence-corrected chi connectivity index (χ3v) is 2.90. The standard InChI is InChI=1S/C12H10ClNO3/c13-11(10-5-6-17-8-10)7-9-3-1-2-4-12(9)14(15)16/h1-6,8,11H,7H2. The van der Waals surface area contributed by atoms with Crippen molar-refractivity contribution in [2.24, 2.45) is 0 Å². The Morgan fingerprint density at radius 1 is 1.35 bits per heavy atom. The first-order chi connectivity index (χ1) is 8.18. The zero-order valence-electron chi connectivity index (χ0n) is 8.88. The fraction of sp³-hybridized carbons (Fsp3) is 0.167. The topological polar surface area (TPSA) is 56.3 Å². The van der Waals surface area contributed by atoms with E-state index in [2.05, 4.69) is 0 Å². The predicted molar refractivity (Wildman–Crippen MR) is 64.1 cm³/mol. The molecule has 17 heavy (non-hydrogen) atoms. The van der Waals surface area contributed by atoms with Crippen LogP contribution in [-0.2, 0) is 6.42 Å². The number of nitro benzene ring substituents is 1. The monoisotopic (exact) mass is 251 g/mol. The van der Waals surface area contributed by atoms with E-state index in [1.54, 1.807) is 30.5 Å². The summed E-state index contributed by atoms with van der Waals surface area (Å²) in [6, 6.07) is 8.36. The number of furan rings is 1. The lowest BCUT2D eigenvalue weighted by Gasteiger charge is -2.07. The maximum absolute atomic E-state index is 10.8. The molecule has 4 nitrogen and oxygen atoms in total. The van der Waals surface area contributed by atoms with Crippen molar-refractivity contribution in [1.82, 2.24) is 0 Å². The molecule has 0 amide bonds. The molecule has 1 atom stereocenters. The van der Waals surface area contributed by atoms with Gasteiger partial charge in [0, 0.05) is 17.2 Å². The van der Waals surface area contributed by atoms with Crippen molar-refractivity contribution >= 4 is 17.3 Å². The first-order valence-corrected chi connectivity index (χ1v) is 5.50. The van der Waals surface area contributed by atoms with Crippen LogP contribution in [0.15, 0.2) is 47.3 Å². The third-order valence-electron chi connectivity index (χ3n) is 2.49. The number of nitrogens with zero attached hydrogens (tertiary/aromatic N) is 1. The first-order valence-electron chi connectivity index (χ1n) is 5.07. The summed E-state index contributed by atoms with van der Waals surface area (Å²) in [7, 11) is 0. The quantitative estimate of drug-likeness (QED) is 0.473. The Balaban J connectivity index is 2.21. The maximum Gasteiger partial charge on any atom is 0.272 e. The van der Waals surface area contributed by atoms with Gasteiger partial charge in [-0.1, -0.05) is 18.2 Å². The molecule has 0 radical (unpaired) electrons. The number of para-hydroxylation sites is 1. The minimum Gasteiger partial charge on any atom is -0.472 e. The molecule has 1 unspecified atom stereocenters. The molecule has 0 saturated carbocycles. The van der Waals surface area contributed by atoms with Crippen molar-refractivity contribution in [3.8, 4) is 0 Å². The van der Waals surface area contributed by atoms with Crippen molar-refractivity contribution in [1.29, 1.82) is 0 Å². The highest BCUT2D eigenvalue weighted by Crippen LogP contribution is 2.29. The molecule has 1 aromatic carbocycles. The number of hydrogen-bond donors (Lipinski definition) is 0. The molecule has 0 aliphatic rings. The van der Waals surface area contributed by atoms with Crippen LogP contribution in [0.5, 0.6) is 0 Å². The highest BCUT2D eigenvalue weighted by Gasteiger charge is 2.17. The lowest BCUT2D eigenvalue weighted by Crippen LogP contribution is -1.99. The van der Waals surface area contributed by atoms with Crippen LogP contribution in [0.4, 0.5) is 5.69 Å². The fourth-order valence-electron chi connectivity index (χ4n) is 1.63. The van der Waals surface area contributed by atoms with Gasteiger partial charge in [-0.3, -0.25) is 10.1 Å². The smallest absolute Gasteiger partial charge is 0.272 e. The zero-order chi connectivity index (χ0) is 12.3. The minimum atomic E-state index is -0.395. The van der Waals surface area contributed by atoms with Gasteiger partial charge in [-0.05, 0) is 12.5 Å². The van der Waals surface area contributed by atoms with E-state index in [-0.39, 0.29) is 11.1 Å². The van der Waals surface area contributed by atoms with Crippen LogP contribution < -0.4 is 0 Å². The van der Waals surface area contributed by atoms with Crippen LogP contribution in [0.2, 0.25) is 0 Å². The number of alkyl halides is 1. The zero-order valence-corrected chi connectivity index (χ0v) is 9.63. The van der Waals surface area contributed by atoms with Gasteiger partial charge in [0.1, 0.15) is 0 Å². The molecule has 2 aromatic rings. The number of hydrogen-bond acceptors (Lipinski definition) is 3. The molecular formula is C12H10ClNO3. The van der Waals surface area contributed by atoms with E-state index in [4.69, 9.17) is 16.0 Å². The van der Waals surface area contributed by atoms with Gasteiger partial charge in [-0.15, -0.1) is 11.6 Å². The SMILES string of the molecule is O=[N+]([O-])c1ccccc1CC(Cl)c1ccoc1. The van der Waals surface area contributed by atoms with Crippen molar-refractivity contribution < 1.29 is 9.34 Å². The second kappa shape index (κ2) is 5.01. The second-order valence-electron chi connectivity index (χ2n) is 3.61. The molecule has 1 heterocycles. The fourth-order valence-corrected chi connectivity index (χ4v) is 1.92. The molecule has 2 rings (SSSR count). The Bertz CT molecular complexity index is 510. The maximum atomic E-state index is 10.8. The van der Waals surface area contributed by atoms with Crippen LogP contribution in [0.3, 0.4) is 0 Å². The summed E-state index contributed by atoms with van der Waals surface area (Å²) < 4.78 is 4.93. The van der Waals surface area contributed by atoms with Crippen molar-refractivity contribution in [2.45, 2.75) is 11.8 Å². The van der Waals surface area contributed by atoms with Gasteiger partial charge in [-0.2, -0.15) is 0 Å². The largest absolute Gasteiger partial charge is 0.472 e. The van der Waals surface area contributed by atoms with E-state index in [1.165, 1.54) is 12.3 Å². The molecule has 0 saturated heterocycles. The number of rotatable bonds is 4. The van der Waals surface area contributed by atoms with Gasteiger partial charge in [0.2, 0.25) is 0 Å². The molecule has 88 valence electrons. The molecule has 0 aliphatic carbocycles. The van der Waals surface area contributed by atoms with Gasteiger partial charge in [-0.25, -0.2) is 0 Å². The van der Waals surface area contributed by atoms with Crippen molar-refractivity contribution in [3.05, 3.63) is 64.1 Å². The van der Waals surface area contributed by atoms with E-state index >= 15 is 0 Å². The van der Waals surface area contributed by atoms with Crippen LogP contribution in [-0.4, -0.2) is 4.92 Å². The van der Waals surface area contributed by atoms with Gasteiger partial charge in [0.05, 0.1) is 22.8 Å². The summed E-state index contributed by atoms with van der Waals surface area (Å²) in [6.45, 7) is 0. The summed E-state index contributed by atoms with van der Waals surface area (Å²) in [5.41, 5.74) is 1.55. The Labute approximate surface area is 103 Å². The number of nitro groups is 1. The Kier molecular flexibility index (Phi) is 3.44. The van der Waals surface area contributed by atoms with Gasteiger partial charge < -0.3 is 4.42 Å². The van der Waals surface area contributed by atoms with Crippen molar-refractivity contribution in [3.63, 3.8) is 0 Å². The predicted octanol–water partition coefficient (Wildman–Crippen LogP) is 3.71. The van der Waals surface area contributed by atoms with E-state index in [0.29, 0.717) is 12.0 Å². The molecule has 1 aromatic heterocycles. The van der Waals surface area contributed by atoms with Crippen LogP contribution in [0, 0.1) is 10.1 Å². The van der Waals surface area contributed by atoms with Crippen molar-refractivity contribution in [2.75, 3.05) is 0 Å². The molecule has 0 bridgehead atoms. The lowest BCUT2D eigenvalue weighted by molar-refractivity contribution is -0.385. The normalized spacial score (nSPS) is 12.3. The second-order valence-corrected chi connectivity index (χ2v) is 4.14. The highest BCUT2D eigenvalue weighted by molar-refractivity contribution is 6.20. The molecule has 0 spiro atoms. The van der Waals surface area contributed by atoms with Gasteiger partial charge >= 0.3 is 0 Å². The van der Waals surface area contributed by atoms with E-state index in [1.807, 2.05) is 0 Å². The summed E-state index contributed by atoms with van der Waals surface area (Å²) >= 11 is 6.18. The average molecular weight is 252 g/mol. The van der Waals surface area contributed by atoms with Crippen LogP contribution in [0.1, 0.15) is 16.5 Å². The summed E-state index contributed by atoms with van der Waals surface area (Å²) in [5.74, 6) is 0.